The van der Waals surface area contributed by atoms with Crippen LogP contribution in [0, 0.1) is 0 Å². The van der Waals surface area contributed by atoms with Crippen LogP contribution in [0.5, 0.6) is 11.5 Å². The number of methoxy groups -OCH3 is 2. The highest BCUT2D eigenvalue weighted by atomic mass is 32.1. The topological polar surface area (TPSA) is 78.7 Å². The molecule has 0 bridgehead atoms. The Morgan fingerprint density at radius 1 is 1.32 bits per heavy atom. The molecular formula is C19H22N4O4S. The first-order valence-corrected chi connectivity index (χ1v) is 9.87. The molecule has 1 aliphatic heterocycles. The number of fused-ring (bicyclic) bond motifs is 1. The highest BCUT2D eigenvalue weighted by Gasteiger charge is 2.29. The molecule has 148 valence electrons. The van der Waals surface area contributed by atoms with E-state index in [1.807, 2.05) is 12.1 Å². The van der Waals surface area contributed by atoms with Gasteiger partial charge in [0.2, 0.25) is 0 Å². The lowest BCUT2D eigenvalue weighted by molar-refractivity contribution is 0.0913. The SMILES string of the molecule is COc1ccc(OC)c2sc(N(C[C@@H]3CCCO3)C(=O)c3ccn(C)n3)nc12. The second kappa shape index (κ2) is 7.76. The maximum Gasteiger partial charge on any atom is 0.280 e. The number of thiazole rings is 1. The number of rotatable bonds is 6. The van der Waals surface area contributed by atoms with Crippen LogP contribution in [0.3, 0.4) is 0 Å². The fourth-order valence-corrected chi connectivity index (χ4v) is 4.38. The number of amides is 1. The zero-order valence-electron chi connectivity index (χ0n) is 16.0. The van der Waals surface area contributed by atoms with E-state index in [1.165, 1.54) is 11.3 Å². The van der Waals surface area contributed by atoms with Crippen LogP contribution in [-0.2, 0) is 11.8 Å². The van der Waals surface area contributed by atoms with E-state index >= 15 is 0 Å². The van der Waals surface area contributed by atoms with Gasteiger partial charge in [-0.15, -0.1) is 0 Å². The summed E-state index contributed by atoms with van der Waals surface area (Å²) in [5.41, 5.74) is 1.05. The van der Waals surface area contributed by atoms with Crippen molar-refractivity contribution >= 4 is 32.6 Å². The second-order valence-electron chi connectivity index (χ2n) is 6.57. The molecule has 0 radical (unpaired) electrons. The molecule has 1 saturated heterocycles. The minimum absolute atomic E-state index is 0.0107. The molecule has 1 aromatic carbocycles. The van der Waals surface area contributed by atoms with Crippen molar-refractivity contribution in [2.45, 2.75) is 18.9 Å². The number of carbonyl (C=O) groups is 1. The molecule has 4 rings (SSSR count). The molecule has 0 spiro atoms. The number of benzene rings is 1. The zero-order chi connectivity index (χ0) is 19.7. The first-order chi connectivity index (χ1) is 13.6. The van der Waals surface area contributed by atoms with Crippen molar-refractivity contribution in [2.24, 2.45) is 7.05 Å². The van der Waals surface area contributed by atoms with Crippen molar-refractivity contribution in [3.8, 4) is 11.5 Å². The maximum absolute atomic E-state index is 13.2. The van der Waals surface area contributed by atoms with Crippen molar-refractivity contribution in [1.82, 2.24) is 14.8 Å². The Morgan fingerprint density at radius 3 is 2.75 bits per heavy atom. The molecule has 8 nitrogen and oxygen atoms in total. The number of aromatic nitrogens is 3. The van der Waals surface area contributed by atoms with Gasteiger partial charge >= 0.3 is 0 Å². The van der Waals surface area contributed by atoms with E-state index < -0.39 is 0 Å². The number of aryl methyl sites for hydroxylation is 1. The van der Waals surface area contributed by atoms with E-state index in [1.54, 1.807) is 43.1 Å². The second-order valence-corrected chi connectivity index (χ2v) is 7.55. The number of hydrogen-bond acceptors (Lipinski definition) is 7. The van der Waals surface area contributed by atoms with Gasteiger partial charge in [-0.1, -0.05) is 11.3 Å². The number of nitrogens with zero attached hydrogens (tertiary/aromatic N) is 4. The highest BCUT2D eigenvalue weighted by Crippen LogP contribution is 2.40. The third kappa shape index (κ3) is 3.43. The fraction of sp³-hybridized carbons (Fsp3) is 0.421. The summed E-state index contributed by atoms with van der Waals surface area (Å²) in [6, 6.07) is 5.36. The molecular weight excluding hydrogens is 380 g/mol. The number of ether oxygens (including phenoxy) is 3. The normalized spacial score (nSPS) is 16.5. The lowest BCUT2D eigenvalue weighted by Crippen LogP contribution is -2.37. The number of carbonyl (C=O) groups excluding carboxylic acids is 1. The molecule has 1 atom stereocenters. The van der Waals surface area contributed by atoms with Gasteiger partial charge in [-0.2, -0.15) is 5.10 Å². The molecule has 9 heteroatoms. The largest absolute Gasteiger partial charge is 0.495 e. The standard InChI is InChI=1S/C19H22N4O4S/c1-22-9-8-13(21-22)18(24)23(11-12-5-4-10-27-12)19-20-16-14(25-2)6-7-15(26-3)17(16)28-19/h6-9,12H,4-5,10-11H2,1-3H3/t12-/m0/s1. The minimum Gasteiger partial charge on any atom is -0.495 e. The van der Waals surface area contributed by atoms with Crippen LogP contribution in [0.2, 0.25) is 0 Å². The molecule has 28 heavy (non-hydrogen) atoms. The monoisotopic (exact) mass is 402 g/mol. The van der Waals surface area contributed by atoms with Gasteiger partial charge in [0.1, 0.15) is 21.7 Å². The van der Waals surface area contributed by atoms with E-state index in [2.05, 4.69) is 5.10 Å². The Balaban J connectivity index is 1.77. The van der Waals surface area contributed by atoms with Gasteiger partial charge in [-0.25, -0.2) is 4.98 Å². The number of hydrogen-bond donors (Lipinski definition) is 0. The molecule has 0 saturated carbocycles. The summed E-state index contributed by atoms with van der Waals surface area (Å²) in [5, 5.41) is 4.84. The van der Waals surface area contributed by atoms with Crippen molar-refractivity contribution in [1.29, 1.82) is 0 Å². The summed E-state index contributed by atoms with van der Waals surface area (Å²) < 4.78 is 19.1. The van der Waals surface area contributed by atoms with Crippen LogP contribution in [-0.4, -0.2) is 54.1 Å². The Bertz CT molecular complexity index is 952. The third-order valence-corrected chi connectivity index (χ3v) is 5.81. The summed E-state index contributed by atoms with van der Waals surface area (Å²) in [7, 11) is 5.00. The minimum atomic E-state index is -0.201. The third-order valence-electron chi connectivity index (χ3n) is 4.72. The van der Waals surface area contributed by atoms with Crippen molar-refractivity contribution < 1.29 is 19.0 Å². The predicted molar refractivity (Wildman–Crippen MR) is 107 cm³/mol. The van der Waals surface area contributed by atoms with Gasteiger partial charge in [0.25, 0.3) is 5.91 Å². The molecule has 0 unspecified atom stereocenters. The van der Waals surface area contributed by atoms with Gasteiger partial charge < -0.3 is 14.2 Å². The van der Waals surface area contributed by atoms with Crippen LogP contribution >= 0.6 is 11.3 Å². The number of anilines is 1. The highest BCUT2D eigenvalue weighted by molar-refractivity contribution is 7.22. The fourth-order valence-electron chi connectivity index (χ4n) is 3.30. The zero-order valence-corrected chi connectivity index (χ0v) is 16.9. The lowest BCUT2D eigenvalue weighted by Gasteiger charge is -2.22. The van der Waals surface area contributed by atoms with E-state index in [0.717, 1.165) is 24.1 Å². The Labute approximate surface area is 166 Å². The predicted octanol–water partition coefficient (Wildman–Crippen LogP) is 2.87. The quantitative estimate of drug-likeness (QED) is 0.631. The van der Waals surface area contributed by atoms with Gasteiger partial charge in [0.15, 0.2) is 10.8 Å². The van der Waals surface area contributed by atoms with Gasteiger partial charge in [0.05, 0.1) is 26.9 Å². The first kappa shape index (κ1) is 18.7. The summed E-state index contributed by atoms with van der Waals surface area (Å²) in [6.45, 7) is 1.15. The molecule has 1 amide bonds. The van der Waals surface area contributed by atoms with Crippen LogP contribution in [0.25, 0.3) is 10.2 Å². The Morgan fingerprint density at radius 2 is 2.11 bits per heavy atom. The summed E-state index contributed by atoms with van der Waals surface area (Å²) in [4.78, 5) is 19.6. The average molecular weight is 402 g/mol. The van der Waals surface area contributed by atoms with Gasteiger partial charge in [-0.3, -0.25) is 14.4 Å². The average Bonchev–Trinajstić information content (AvgIpc) is 3.45. The van der Waals surface area contributed by atoms with E-state index in [9.17, 15) is 4.79 Å². The van der Waals surface area contributed by atoms with Crippen LogP contribution < -0.4 is 14.4 Å². The molecule has 0 N–H and O–H groups in total. The molecule has 0 aliphatic carbocycles. The smallest absolute Gasteiger partial charge is 0.280 e. The molecule has 1 fully saturated rings. The Kier molecular flexibility index (Phi) is 5.19. The van der Waals surface area contributed by atoms with Crippen molar-refractivity contribution in [2.75, 3.05) is 32.3 Å². The van der Waals surface area contributed by atoms with Crippen LogP contribution in [0.4, 0.5) is 5.13 Å². The van der Waals surface area contributed by atoms with E-state index in [-0.39, 0.29) is 12.0 Å². The molecule has 3 aromatic rings. The van der Waals surface area contributed by atoms with Crippen LogP contribution in [0.1, 0.15) is 23.3 Å². The van der Waals surface area contributed by atoms with Gasteiger partial charge in [-0.05, 0) is 31.0 Å². The van der Waals surface area contributed by atoms with Crippen molar-refractivity contribution in [3.05, 3.63) is 30.1 Å². The molecule has 3 heterocycles. The molecule has 2 aromatic heterocycles. The summed E-state index contributed by atoms with van der Waals surface area (Å²) >= 11 is 1.40. The van der Waals surface area contributed by atoms with Crippen LogP contribution in [0.15, 0.2) is 24.4 Å². The van der Waals surface area contributed by atoms with Crippen molar-refractivity contribution in [3.63, 3.8) is 0 Å². The summed E-state index contributed by atoms with van der Waals surface area (Å²) in [5.74, 6) is 1.13. The summed E-state index contributed by atoms with van der Waals surface area (Å²) in [6.07, 6.45) is 3.66. The van der Waals surface area contributed by atoms with Gasteiger partial charge in [0, 0.05) is 19.9 Å². The maximum atomic E-state index is 13.2. The first-order valence-electron chi connectivity index (χ1n) is 9.05. The van der Waals surface area contributed by atoms with E-state index in [4.69, 9.17) is 19.2 Å². The Hall–Kier alpha value is -2.65. The lowest BCUT2D eigenvalue weighted by atomic mass is 10.2. The molecule has 1 aliphatic rings. The van der Waals surface area contributed by atoms with E-state index in [0.29, 0.717) is 34.4 Å².